The molecule has 2 aromatic carbocycles. The van der Waals surface area contributed by atoms with Crippen molar-refractivity contribution < 1.29 is 14.3 Å². The summed E-state index contributed by atoms with van der Waals surface area (Å²) in [6, 6.07) is 18.6. The fraction of sp³-hybridized carbons (Fsp3) is 0.629. The first-order chi connectivity index (χ1) is 18.5. The van der Waals surface area contributed by atoms with E-state index in [1.165, 1.54) is 73.6 Å². The van der Waals surface area contributed by atoms with Gasteiger partial charge in [-0.3, -0.25) is 0 Å². The molecule has 0 atom stereocenters. The van der Waals surface area contributed by atoms with E-state index >= 15 is 0 Å². The molecule has 4 rings (SSSR count). The minimum atomic E-state index is -0.509. The van der Waals surface area contributed by atoms with Crippen molar-refractivity contribution in [2.45, 2.75) is 128 Å². The first-order valence-corrected chi connectivity index (χ1v) is 15.6. The predicted octanol–water partition coefficient (Wildman–Crippen LogP) is 10.6. The molecule has 0 heterocycles. The highest BCUT2D eigenvalue weighted by molar-refractivity contribution is 5.64. The average Bonchev–Trinajstić information content (AvgIpc) is 2.94. The molecule has 2 aliphatic carbocycles. The van der Waals surface area contributed by atoms with Crippen LogP contribution in [-0.2, 0) is 9.47 Å². The van der Waals surface area contributed by atoms with Gasteiger partial charge in [-0.25, -0.2) is 4.79 Å². The fourth-order valence-corrected chi connectivity index (χ4v) is 6.56. The SMILES string of the molecule is CCCCCC1CCC(c2ccc(-c3ccc(C4CCC(C)(OC(=O)OCCCC)CC4)cc3)cc2)CC1. The van der Waals surface area contributed by atoms with Crippen LogP contribution in [0.5, 0.6) is 0 Å². The van der Waals surface area contributed by atoms with Crippen molar-refractivity contribution in [3.05, 3.63) is 59.7 Å². The molecule has 0 bridgehead atoms. The second-order valence-corrected chi connectivity index (χ2v) is 12.2. The molecule has 2 aromatic rings. The van der Waals surface area contributed by atoms with Crippen LogP contribution in [0.3, 0.4) is 0 Å². The summed E-state index contributed by atoms with van der Waals surface area (Å²) in [4.78, 5) is 12.0. The molecule has 2 fully saturated rings. The first-order valence-electron chi connectivity index (χ1n) is 15.6. The molecule has 3 nitrogen and oxygen atoms in total. The smallest absolute Gasteiger partial charge is 0.434 e. The molecule has 0 aromatic heterocycles. The lowest BCUT2D eigenvalue weighted by Crippen LogP contribution is -2.36. The van der Waals surface area contributed by atoms with Crippen LogP contribution < -0.4 is 0 Å². The Bertz CT molecular complexity index is 961. The molecule has 208 valence electrons. The molecule has 0 unspecified atom stereocenters. The minimum absolute atomic E-state index is 0.407. The van der Waals surface area contributed by atoms with Crippen LogP contribution >= 0.6 is 0 Å². The number of hydrogen-bond donors (Lipinski definition) is 0. The lowest BCUT2D eigenvalue weighted by atomic mass is 9.76. The number of hydrogen-bond acceptors (Lipinski definition) is 3. The summed E-state index contributed by atoms with van der Waals surface area (Å²) in [7, 11) is 0. The van der Waals surface area contributed by atoms with E-state index in [0.717, 1.165) is 50.4 Å². The molecular weight excluding hydrogens is 468 g/mol. The summed E-state index contributed by atoms with van der Waals surface area (Å²) in [6.45, 7) is 6.88. The van der Waals surface area contributed by atoms with Crippen molar-refractivity contribution in [3.8, 4) is 11.1 Å². The zero-order valence-corrected chi connectivity index (χ0v) is 24.2. The topological polar surface area (TPSA) is 35.5 Å². The lowest BCUT2D eigenvalue weighted by Gasteiger charge is -2.36. The van der Waals surface area contributed by atoms with Gasteiger partial charge in [0, 0.05) is 0 Å². The largest absolute Gasteiger partial charge is 0.508 e. The predicted molar refractivity (Wildman–Crippen MR) is 158 cm³/mol. The highest BCUT2D eigenvalue weighted by Gasteiger charge is 2.35. The molecular formula is C35H50O3. The Balaban J connectivity index is 1.25. The molecule has 2 aliphatic rings. The fourth-order valence-electron chi connectivity index (χ4n) is 6.56. The van der Waals surface area contributed by atoms with Crippen molar-refractivity contribution in [2.75, 3.05) is 6.61 Å². The van der Waals surface area contributed by atoms with E-state index in [2.05, 4.69) is 69.3 Å². The molecule has 2 saturated carbocycles. The molecule has 0 spiro atoms. The Morgan fingerprint density at radius 2 is 1.26 bits per heavy atom. The Kier molecular flexibility index (Phi) is 10.7. The van der Waals surface area contributed by atoms with Crippen LogP contribution in [0.1, 0.15) is 134 Å². The number of ether oxygens (including phenoxy) is 2. The maximum Gasteiger partial charge on any atom is 0.508 e. The molecule has 0 radical (unpaired) electrons. The summed E-state index contributed by atoms with van der Waals surface area (Å²) < 4.78 is 10.9. The van der Waals surface area contributed by atoms with E-state index in [1.54, 1.807) is 0 Å². The Morgan fingerprint density at radius 1 is 0.737 bits per heavy atom. The maximum atomic E-state index is 12.0. The summed E-state index contributed by atoms with van der Waals surface area (Å²) >= 11 is 0. The Morgan fingerprint density at radius 3 is 1.79 bits per heavy atom. The van der Waals surface area contributed by atoms with Gasteiger partial charge in [0.05, 0.1) is 6.61 Å². The van der Waals surface area contributed by atoms with Crippen LogP contribution in [0, 0.1) is 5.92 Å². The number of unbranched alkanes of at least 4 members (excludes halogenated alkanes) is 3. The summed E-state index contributed by atoms with van der Waals surface area (Å²) in [5.74, 6) is 2.23. The van der Waals surface area contributed by atoms with E-state index in [1.807, 2.05) is 0 Å². The van der Waals surface area contributed by atoms with E-state index in [0.29, 0.717) is 12.5 Å². The van der Waals surface area contributed by atoms with Crippen molar-refractivity contribution in [1.82, 2.24) is 0 Å². The van der Waals surface area contributed by atoms with Gasteiger partial charge in [0.1, 0.15) is 5.60 Å². The molecule has 0 saturated heterocycles. The van der Waals surface area contributed by atoms with Crippen LogP contribution in [0.4, 0.5) is 4.79 Å². The highest BCUT2D eigenvalue weighted by Crippen LogP contribution is 2.41. The van der Waals surface area contributed by atoms with E-state index < -0.39 is 11.8 Å². The van der Waals surface area contributed by atoms with Gasteiger partial charge in [0.2, 0.25) is 0 Å². The lowest BCUT2D eigenvalue weighted by molar-refractivity contribution is -0.0467. The normalized spacial score (nSPS) is 25.6. The standard InChI is InChI=1S/C35H50O3/c1-4-6-8-9-27-10-12-28(13-11-27)29-14-16-30(17-15-29)31-18-20-32(21-19-31)33-22-24-35(3,25-23-33)38-34(36)37-26-7-5-2/h14-21,27-28,33H,4-13,22-26H2,1-3H3. The number of carbonyl (C=O) groups excluding carboxylic acids is 1. The third-order valence-electron chi connectivity index (χ3n) is 9.25. The van der Waals surface area contributed by atoms with Crippen molar-refractivity contribution >= 4 is 6.16 Å². The van der Waals surface area contributed by atoms with Gasteiger partial charge in [-0.1, -0.05) is 94.5 Å². The molecule has 38 heavy (non-hydrogen) atoms. The zero-order chi connectivity index (χ0) is 26.8. The first kappa shape index (κ1) is 28.7. The van der Waals surface area contributed by atoms with Crippen molar-refractivity contribution in [2.24, 2.45) is 5.92 Å². The molecule has 0 amide bonds. The number of benzene rings is 2. The number of carbonyl (C=O) groups is 1. The van der Waals surface area contributed by atoms with E-state index in [9.17, 15) is 4.79 Å². The van der Waals surface area contributed by atoms with Gasteiger partial charge in [-0.05, 0) is 105 Å². The zero-order valence-electron chi connectivity index (χ0n) is 24.2. The molecule has 0 aliphatic heterocycles. The average molecular weight is 519 g/mol. The highest BCUT2D eigenvalue weighted by atomic mass is 16.7. The van der Waals surface area contributed by atoms with Gasteiger partial charge >= 0.3 is 6.16 Å². The van der Waals surface area contributed by atoms with Crippen LogP contribution in [0.2, 0.25) is 0 Å². The maximum absolute atomic E-state index is 12.0. The minimum Gasteiger partial charge on any atom is -0.434 e. The van der Waals surface area contributed by atoms with Gasteiger partial charge in [0.25, 0.3) is 0 Å². The number of rotatable bonds is 11. The summed E-state index contributed by atoms with van der Waals surface area (Å²) in [5.41, 5.74) is 5.11. The van der Waals surface area contributed by atoms with Crippen LogP contribution in [-0.4, -0.2) is 18.4 Å². The van der Waals surface area contributed by atoms with Crippen molar-refractivity contribution in [3.63, 3.8) is 0 Å². The summed E-state index contributed by atoms with van der Waals surface area (Å²) in [6.07, 6.45) is 16.3. The summed E-state index contributed by atoms with van der Waals surface area (Å²) in [5, 5.41) is 0. The van der Waals surface area contributed by atoms with Gasteiger partial charge in [0.15, 0.2) is 0 Å². The van der Waals surface area contributed by atoms with Crippen molar-refractivity contribution in [1.29, 1.82) is 0 Å². The van der Waals surface area contributed by atoms with Gasteiger partial charge in [-0.2, -0.15) is 0 Å². The second-order valence-electron chi connectivity index (χ2n) is 12.2. The van der Waals surface area contributed by atoms with Crippen LogP contribution in [0.15, 0.2) is 48.5 Å². The second kappa shape index (κ2) is 14.2. The Labute approximate surface area is 231 Å². The Hall–Kier alpha value is -2.29. The third-order valence-corrected chi connectivity index (χ3v) is 9.25. The monoisotopic (exact) mass is 518 g/mol. The van der Waals surface area contributed by atoms with Gasteiger partial charge in [-0.15, -0.1) is 0 Å². The third kappa shape index (κ3) is 8.10. The van der Waals surface area contributed by atoms with E-state index in [-0.39, 0.29) is 0 Å². The van der Waals surface area contributed by atoms with E-state index in [4.69, 9.17) is 9.47 Å². The molecule has 0 N–H and O–H groups in total. The quantitative estimate of drug-likeness (QED) is 0.219. The molecule has 3 heteroatoms. The van der Waals surface area contributed by atoms with Gasteiger partial charge < -0.3 is 9.47 Å². The van der Waals surface area contributed by atoms with Crippen LogP contribution in [0.25, 0.3) is 11.1 Å².